The van der Waals surface area contributed by atoms with Crippen molar-refractivity contribution in [2.45, 2.75) is 34.2 Å². The molecule has 0 amide bonds. The van der Waals surface area contributed by atoms with Gasteiger partial charge in [-0.3, -0.25) is 14.2 Å². The van der Waals surface area contributed by atoms with E-state index >= 15 is 0 Å². The van der Waals surface area contributed by atoms with Gasteiger partial charge in [-0.05, 0) is 25.3 Å². The zero-order valence-electron chi connectivity index (χ0n) is 18.1. The minimum atomic E-state index is -0.204. The molecular formula is C24H25N3O3S. The van der Waals surface area contributed by atoms with Crippen LogP contribution in [0.15, 0.2) is 51.5 Å². The monoisotopic (exact) mass is 435 g/mol. The van der Waals surface area contributed by atoms with Crippen LogP contribution in [-0.4, -0.2) is 21.1 Å². The Morgan fingerprint density at radius 2 is 1.90 bits per heavy atom. The number of aryl methyl sites for hydroxylation is 2. The molecule has 0 saturated carbocycles. The fourth-order valence-corrected chi connectivity index (χ4v) is 4.37. The molecule has 4 aromatic rings. The molecular weight excluding hydrogens is 410 g/mol. The van der Waals surface area contributed by atoms with Gasteiger partial charge < -0.3 is 9.72 Å². The van der Waals surface area contributed by atoms with Crippen LogP contribution >= 0.6 is 11.3 Å². The van der Waals surface area contributed by atoms with Crippen molar-refractivity contribution < 1.29 is 4.74 Å². The van der Waals surface area contributed by atoms with Crippen LogP contribution in [0.3, 0.4) is 0 Å². The molecule has 1 aromatic carbocycles. The summed E-state index contributed by atoms with van der Waals surface area (Å²) in [5, 5.41) is 2.59. The highest BCUT2D eigenvalue weighted by Gasteiger charge is 2.16. The first-order valence-electron chi connectivity index (χ1n) is 10.2. The largest absolute Gasteiger partial charge is 0.488 e. The number of aromatic amines is 1. The number of fused-ring (bicyclic) bond motifs is 1. The molecule has 0 atom stereocenters. The van der Waals surface area contributed by atoms with E-state index in [1.54, 1.807) is 10.8 Å². The third kappa shape index (κ3) is 4.32. The molecule has 3 aromatic heterocycles. The average Bonchev–Trinajstić information content (AvgIpc) is 3.14. The van der Waals surface area contributed by atoms with Crippen LogP contribution in [0.25, 0.3) is 21.3 Å². The summed E-state index contributed by atoms with van der Waals surface area (Å²) < 4.78 is 7.15. The van der Waals surface area contributed by atoms with Crippen LogP contribution in [0, 0.1) is 19.8 Å². The van der Waals surface area contributed by atoms with Crippen molar-refractivity contribution >= 4 is 21.6 Å². The van der Waals surface area contributed by atoms with Crippen LogP contribution in [-0.2, 0) is 6.54 Å². The average molecular weight is 436 g/mol. The summed E-state index contributed by atoms with van der Waals surface area (Å²) in [7, 11) is 0. The lowest BCUT2D eigenvalue weighted by atomic mass is 10.0. The summed E-state index contributed by atoms with van der Waals surface area (Å²) in [6.45, 7) is 8.60. The highest BCUT2D eigenvalue weighted by Crippen LogP contribution is 2.31. The lowest BCUT2D eigenvalue weighted by Gasteiger charge is -2.12. The predicted octanol–water partition coefficient (Wildman–Crippen LogP) is 4.51. The van der Waals surface area contributed by atoms with Crippen molar-refractivity contribution in [1.82, 2.24) is 14.5 Å². The number of benzene rings is 1. The molecule has 6 nitrogen and oxygen atoms in total. The zero-order chi connectivity index (χ0) is 22.1. The van der Waals surface area contributed by atoms with Gasteiger partial charge in [0.2, 0.25) is 5.43 Å². The number of nitrogens with one attached hydrogen (secondary N) is 1. The van der Waals surface area contributed by atoms with E-state index in [9.17, 15) is 9.59 Å². The number of nitrogens with zero attached hydrogens (tertiary/aromatic N) is 2. The second-order valence-electron chi connectivity index (χ2n) is 8.14. The Labute approximate surface area is 184 Å². The molecule has 3 heterocycles. The summed E-state index contributed by atoms with van der Waals surface area (Å²) in [5.41, 5.74) is 3.36. The van der Waals surface area contributed by atoms with Gasteiger partial charge in [-0.25, -0.2) is 4.98 Å². The fourth-order valence-electron chi connectivity index (χ4n) is 3.39. The number of hydrogen-bond donors (Lipinski definition) is 1. The Hall–Kier alpha value is -3.19. The molecule has 0 bridgehead atoms. The maximum Gasteiger partial charge on any atom is 0.263 e. The molecule has 0 unspecified atom stereocenters. The van der Waals surface area contributed by atoms with Crippen molar-refractivity contribution in [3.8, 4) is 16.9 Å². The smallest absolute Gasteiger partial charge is 0.263 e. The molecule has 0 saturated heterocycles. The first kappa shape index (κ1) is 21.1. The number of rotatable bonds is 6. The Morgan fingerprint density at radius 1 is 1.16 bits per heavy atom. The predicted molar refractivity (Wildman–Crippen MR) is 125 cm³/mol. The third-order valence-corrected chi connectivity index (χ3v) is 5.96. The van der Waals surface area contributed by atoms with Gasteiger partial charge in [0, 0.05) is 28.9 Å². The van der Waals surface area contributed by atoms with Crippen LogP contribution in [0.5, 0.6) is 5.75 Å². The molecule has 0 radical (unpaired) electrons. The lowest BCUT2D eigenvalue weighted by Crippen LogP contribution is -2.25. The van der Waals surface area contributed by atoms with Gasteiger partial charge in [-0.2, -0.15) is 0 Å². The Morgan fingerprint density at radius 3 is 2.58 bits per heavy atom. The maximum atomic E-state index is 13.4. The summed E-state index contributed by atoms with van der Waals surface area (Å²) in [6.07, 6.45) is 1.56. The molecule has 0 fully saturated rings. The minimum absolute atomic E-state index is 0.111. The van der Waals surface area contributed by atoms with E-state index in [-0.39, 0.29) is 23.3 Å². The summed E-state index contributed by atoms with van der Waals surface area (Å²) >= 11 is 1.47. The topological polar surface area (TPSA) is 77.0 Å². The van der Waals surface area contributed by atoms with Crippen molar-refractivity contribution in [3.05, 3.63) is 79.6 Å². The van der Waals surface area contributed by atoms with Gasteiger partial charge >= 0.3 is 0 Å². The molecule has 7 heteroatoms. The van der Waals surface area contributed by atoms with E-state index in [0.29, 0.717) is 29.4 Å². The van der Waals surface area contributed by atoms with Crippen LogP contribution in [0.2, 0.25) is 0 Å². The first-order chi connectivity index (χ1) is 14.8. The molecule has 4 rings (SSSR count). The Kier molecular flexibility index (Phi) is 5.78. The summed E-state index contributed by atoms with van der Waals surface area (Å²) in [4.78, 5) is 34.3. The van der Waals surface area contributed by atoms with Gasteiger partial charge in [-0.15, -0.1) is 11.3 Å². The standard InChI is InChI=1S/C24H25N3O3S/c1-14(2)12-30-21-10-25-18(9-20(21)28)11-27-16(4)26-23-22(24(27)29)19(13-31-23)17-7-5-15(3)6-8-17/h5-10,13-14H,11-12H2,1-4H3,(H,25,28). The second-order valence-corrected chi connectivity index (χ2v) is 9.00. The van der Waals surface area contributed by atoms with Crippen molar-refractivity contribution in [1.29, 1.82) is 0 Å². The number of pyridine rings is 1. The highest BCUT2D eigenvalue weighted by atomic mass is 32.1. The number of hydrogen-bond acceptors (Lipinski definition) is 5. The van der Waals surface area contributed by atoms with Gasteiger partial charge in [-0.1, -0.05) is 43.7 Å². The molecule has 0 aliphatic carbocycles. The number of H-pyrrole nitrogens is 1. The Balaban J connectivity index is 1.72. The van der Waals surface area contributed by atoms with E-state index in [1.807, 2.05) is 57.3 Å². The van der Waals surface area contributed by atoms with Crippen LogP contribution in [0.1, 0.15) is 30.9 Å². The number of ether oxygens (including phenoxy) is 1. The number of thiophene rings is 1. The summed E-state index contributed by atoms with van der Waals surface area (Å²) in [5.74, 6) is 1.22. The maximum absolute atomic E-state index is 13.4. The Bertz CT molecular complexity index is 1350. The first-order valence-corrected chi connectivity index (χ1v) is 11.1. The molecule has 0 aliphatic heterocycles. The van der Waals surface area contributed by atoms with Crippen LogP contribution in [0.4, 0.5) is 0 Å². The van der Waals surface area contributed by atoms with E-state index in [4.69, 9.17) is 4.74 Å². The van der Waals surface area contributed by atoms with E-state index in [1.165, 1.54) is 23.0 Å². The molecule has 1 N–H and O–H groups in total. The quantitative estimate of drug-likeness (QED) is 0.483. The van der Waals surface area contributed by atoms with E-state index < -0.39 is 0 Å². The second kappa shape index (κ2) is 8.51. The summed E-state index contributed by atoms with van der Waals surface area (Å²) in [6, 6.07) is 9.60. The molecule has 31 heavy (non-hydrogen) atoms. The lowest BCUT2D eigenvalue weighted by molar-refractivity contribution is 0.267. The molecule has 0 aliphatic rings. The van der Waals surface area contributed by atoms with E-state index in [2.05, 4.69) is 9.97 Å². The van der Waals surface area contributed by atoms with Crippen molar-refractivity contribution in [2.24, 2.45) is 5.92 Å². The third-order valence-electron chi connectivity index (χ3n) is 5.08. The fraction of sp³-hybridized carbons (Fsp3) is 0.292. The van der Waals surface area contributed by atoms with Gasteiger partial charge in [0.15, 0.2) is 5.75 Å². The molecule has 0 spiro atoms. The van der Waals surface area contributed by atoms with E-state index in [0.717, 1.165) is 16.0 Å². The molecule has 160 valence electrons. The zero-order valence-corrected chi connectivity index (χ0v) is 18.9. The van der Waals surface area contributed by atoms with Crippen LogP contribution < -0.4 is 15.7 Å². The van der Waals surface area contributed by atoms with Gasteiger partial charge in [0.25, 0.3) is 5.56 Å². The SMILES string of the molecule is Cc1ccc(-c2csc3nc(C)n(Cc4cc(=O)c(OCC(C)C)c[nH]4)c(=O)c23)cc1. The minimum Gasteiger partial charge on any atom is -0.488 e. The van der Waals surface area contributed by atoms with Crippen molar-refractivity contribution in [2.75, 3.05) is 6.61 Å². The normalized spacial score (nSPS) is 11.4. The highest BCUT2D eigenvalue weighted by molar-refractivity contribution is 7.17. The number of aromatic nitrogens is 3. The van der Waals surface area contributed by atoms with Gasteiger partial charge in [0.1, 0.15) is 10.7 Å². The van der Waals surface area contributed by atoms with Crippen molar-refractivity contribution in [3.63, 3.8) is 0 Å². The van der Waals surface area contributed by atoms with Gasteiger partial charge in [0.05, 0.1) is 18.5 Å².